The Morgan fingerprint density at radius 3 is 2.31 bits per heavy atom. The van der Waals surface area contributed by atoms with Crippen LogP contribution in [0.5, 0.6) is 5.75 Å². The maximum Gasteiger partial charge on any atom is 0.268 e. The molecule has 224 valence electrons. The van der Waals surface area contributed by atoms with E-state index in [1.807, 2.05) is 26.0 Å². The lowest BCUT2D eigenvalue weighted by atomic mass is 9.95. The third-order valence-electron chi connectivity index (χ3n) is 6.92. The molecule has 0 bridgehead atoms. The predicted octanol–water partition coefficient (Wildman–Crippen LogP) is 3.53. The Labute approximate surface area is 238 Å². The topological polar surface area (TPSA) is 129 Å². The Morgan fingerprint density at radius 1 is 1.00 bits per heavy atom. The summed E-state index contributed by atoms with van der Waals surface area (Å²) in [6.45, 7) is 2.95. The van der Waals surface area contributed by atoms with Crippen LogP contribution in [0.4, 0.5) is 17.6 Å². The molecule has 0 aliphatic carbocycles. The van der Waals surface area contributed by atoms with Crippen molar-refractivity contribution in [1.82, 2.24) is 20.9 Å². The minimum Gasteiger partial charge on any atom is -0.479 e. The van der Waals surface area contributed by atoms with Crippen molar-refractivity contribution < 1.29 is 41.5 Å². The number of Topliss-reactive ketones (excluding diaryl/α,β-unsaturated/α-hetero) is 1. The number of nitrogens with one attached hydrogen (secondary N) is 4. The van der Waals surface area contributed by atoms with Crippen LogP contribution in [0.25, 0.3) is 10.9 Å². The van der Waals surface area contributed by atoms with Crippen molar-refractivity contribution in [2.75, 3.05) is 13.2 Å². The molecule has 1 fully saturated rings. The van der Waals surface area contributed by atoms with Crippen LogP contribution >= 0.6 is 0 Å². The van der Waals surface area contributed by atoms with Crippen LogP contribution in [0.1, 0.15) is 43.6 Å². The lowest BCUT2D eigenvalue weighted by molar-refractivity contribution is -0.131. The molecule has 0 spiro atoms. The van der Waals surface area contributed by atoms with E-state index < -0.39 is 71.2 Å². The van der Waals surface area contributed by atoms with Crippen LogP contribution in [0, 0.1) is 35.1 Å². The maximum absolute atomic E-state index is 14.1. The van der Waals surface area contributed by atoms with Gasteiger partial charge in [0, 0.05) is 29.4 Å². The predicted molar refractivity (Wildman–Crippen MR) is 143 cm³/mol. The highest BCUT2D eigenvalue weighted by molar-refractivity contribution is 6.01. The Kier molecular flexibility index (Phi) is 9.48. The van der Waals surface area contributed by atoms with Crippen molar-refractivity contribution in [3.8, 4) is 5.75 Å². The third kappa shape index (κ3) is 7.07. The first kappa shape index (κ1) is 30.5. The molecule has 1 aliphatic rings. The number of ether oxygens (including phenoxy) is 1. The maximum atomic E-state index is 14.1. The molecule has 0 radical (unpaired) electrons. The smallest absolute Gasteiger partial charge is 0.268 e. The zero-order chi connectivity index (χ0) is 30.6. The zero-order valence-corrected chi connectivity index (χ0v) is 22.9. The molecule has 4 N–H and O–H groups in total. The summed E-state index contributed by atoms with van der Waals surface area (Å²) in [6, 6.07) is 6.37. The Bertz CT molecular complexity index is 1450. The van der Waals surface area contributed by atoms with Crippen molar-refractivity contribution in [2.24, 2.45) is 11.8 Å². The van der Waals surface area contributed by atoms with Gasteiger partial charge < -0.3 is 25.7 Å². The lowest BCUT2D eigenvalue weighted by Crippen LogP contribution is -2.53. The van der Waals surface area contributed by atoms with Crippen molar-refractivity contribution >= 4 is 34.4 Å². The summed E-state index contributed by atoms with van der Waals surface area (Å²) in [5, 5.41) is 8.61. The van der Waals surface area contributed by atoms with Crippen LogP contribution in [0.2, 0.25) is 0 Å². The number of para-hydroxylation sites is 1. The number of amides is 3. The van der Waals surface area contributed by atoms with Gasteiger partial charge in [-0.25, -0.2) is 8.78 Å². The van der Waals surface area contributed by atoms with Gasteiger partial charge in [0.25, 0.3) is 5.91 Å². The van der Waals surface area contributed by atoms with E-state index in [9.17, 15) is 36.7 Å². The molecule has 1 aromatic heterocycles. The highest BCUT2D eigenvalue weighted by atomic mass is 19.2. The zero-order valence-electron chi connectivity index (χ0n) is 22.9. The second-order valence-corrected chi connectivity index (χ2v) is 10.6. The van der Waals surface area contributed by atoms with Crippen LogP contribution in [-0.4, -0.2) is 53.7 Å². The van der Waals surface area contributed by atoms with E-state index in [-0.39, 0.29) is 36.4 Å². The number of halogens is 4. The normalized spacial score (nSPS) is 16.3. The summed E-state index contributed by atoms with van der Waals surface area (Å²) in [4.78, 5) is 54.8. The largest absolute Gasteiger partial charge is 0.479 e. The summed E-state index contributed by atoms with van der Waals surface area (Å²) in [5.41, 5.74) is 0.937. The summed E-state index contributed by atoms with van der Waals surface area (Å²) < 4.78 is 60.1. The number of hydrogen-bond donors (Lipinski definition) is 4. The highest BCUT2D eigenvalue weighted by Gasteiger charge is 2.34. The number of benzene rings is 2. The average molecular weight is 591 g/mol. The number of carbonyl (C=O) groups excluding carboxylic acids is 4. The number of hydrogen-bond acceptors (Lipinski definition) is 5. The monoisotopic (exact) mass is 590 g/mol. The number of carbonyl (C=O) groups is 4. The van der Waals surface area contributed by atoms with E-state index in [0.717, 1.165) is 10.9 Å². The molecule has 1 saturated heterocycles. The van der Waals surface area contributed by atoms with Crippen molar-refractivity contribution in [2.45, 2.75) is 45.2 Å². The van der Waals surface area contributed by atoms with Crippen molar-refractivity contribution in [3.63, 3.8) is 0 Å². The molecule has 2 aromatic carbocycles. The summed E-state index contributed by atoms with van der Waals surface area (Å²) in [5.74, 6) is -11.8. The fourth-order valence-electron chi connectivity index (χ4n) is 4.75. The molecule has 3 atom stereocenters. The van der Waals surface area contributed by atoms with Gasteiger partial charge in [0.15, 0.2) is 23.2 Å². The lowest BCUT2D eigenvalue weighted by Gasteiger charge is -2.25. The molecule has 0 saturated carbocycles. The quantitative estimate of drug-likeness (QED) is 0.190. The van der Waals surface area contributed by atoms with Gasteiger partial charge >= 0.3 is 0 Å². The van der Waals surface area contributed by atoms with E-state index in [2.05, 4.69) is 20.9 Å². The van der Waals surface area contributed by atoms with E-state index in [4.69, 9.17) is 4.74 Å². The van der Waals surface area contributed by atoms with Gasteiger partial charge in [0.05, 0.1) is 6.04 Å². The Morgan fingerprint density at radius 2 is 1.69 bits per heavy atom. The van der Waals surface area contributed by atoms with Gasteiger partial charge in [-0.3, -0.25) is 19.2 Å². The van der Waals surface area contributed by atoms with Gasteiger partial charge in [-0.1, -0.05) is 32.0 Å². The molecule has 4 rings (SSSR count). The molecule has 3 aromatic rings. The van der Waals surface area contributed by atoms with E-state index in [1.54, 1.807) is 18.2 Å². The number of rotatable bonds is 12. The molecule has 42 heavy (non-hydrogen) atoms. The number of aromatic amines is 1. The number of ketones is 1. The fraction of sp³-hybridized carbons (Fsp3) is 0.379. The van der Waals surface area contributed by atoms with Gasteiger partial charge in [0.1, 0.15) is 18.3 Å². The van der Waals surface area contributed by atoms with Gasteiger partial charge in [-0.05, 0) is 37.3 Å². The Balaban J connectivity index is 1.51. The highest BCUT2D eigenvalue weighted by Crippen LogP contribution is 2.27. The summed E-state index contributed by atoms with van der Waals surface area (Å²) in [7, 11) is 0. The van der Waals surface area contributed by atoms with Gasteiger partial charge in [-0.2, -0.15) is 8.78 Å². The molecular weight excluding hydrogens is 560 g/mol. The van der Waals surface area contributed by atoms with Gasteiger partial charge in [0.2, 0.25) is 23.4 Å². The molecule has 9 nitrogen and oxygen atoms in total. The molecule has 2 unspecified atom stereocenters. The molecule has 1 aliphatic heterocycles. The molecule has 2 heterocycles. The SMILES string of the molecule is CC(C)C[C@H](NC(=O)c1cc2ccccc2[nH]1)C(=O)NC(CC1CCNC1=O)C(=O)COc1c(F)c(F)cc(F)c1F. The van der Waals surface area contributed by atoms with E-state index in [0.29, 0.717) is 13.0 Å². The minimum atomic E-state index is -1.82. The first-order chi connectivity index (χ1) is 19.9. The average Bonchev–Trinajstić information content (AvgIpc) is 3.56. The minimum absolute atomic E-state index is 0.0000658. The van der Waals surface area contributed by atoms with Crippen molar-refractivity contribution in [3.05, 3.63) is 65.4 Å². The molecule has 13 heteroatoms. The number of H-pyrrole nitrogens is 1. The van der Waals surface area contributed by atoms with Crippen LogP contribution < -0.4 is 20.7 Å². The fourth-order valence-corrected chi connectivity index (χ4v) is 4.75. The van der Waals surface area contributed by atoms with Crippen LogP contribution in [-0.2, 0) is 14.4 Å². The second-order valence-electron chi connectivity index (χ2n) is 10.6. The molecular formula is C29H30F4N4O5. The van der Waals surface area contributed by atoms with Gasteiger partial charge in [-0.15, -0.1) is 0 Å². The second kappa shape index (κ2) is 13.0. The Hall–Kier alpha value is -4.42. The first-order valence-electron chi connectivity index (χ1n) is 13.4. The van der Waals surface area contributed by atoms with E-state index >= 15 is 0 Å². The first-order valence-corrected chi connectivity index (χ1v) is 13.4. The third-order valence-corrected chi connectivity index (χ3v) is 6.92. The van der Waals surface area contributed by atoms with Crippen LogP contribution in [0.15, 0.2) is 36.4 Å². The standard InChI is InChI=1S/C29H30F4N4O5/c1-14(2)9-21(37-29(41)22-10-15-5-3-4-6-19(15)35-22)28(40)36-20(11-16-7-8-34-27(16)39)23(38)13-42-26-24(32)17(30)12-18(31)25(26)33/h3-6,10,12,14,16,20-21,35H,7-9,11,13H2,1-2H3,(H,34,39)(H,36,40)(H,37,41)/t16?,20?,21-/m0/s1. The number of fused-ring (bicyclic) bond motifs is 1. The van der Waals surface area contributed by atoms with Crippen molar-refractivity contribution in [1.29, 1.82) is 0 Å². The molecule has 3 amide bonds. The van der Waals surface area contributed by atoms with E-state index in [1.165, 1.54) is 0 Å². The van der Waals surface area contributed by atoms with Crippen LogP contribution in [0.3, 0.4) is 0 Å². The summed E-state index contributed by atoms with van der Waals surface area (Å²) in [6.07, 6.45) is 0.384. The summed E-state index contributed by atoms with van der Waals surface area (Å²) >= 11 is 0. The number of aromatic nitrogens is 1.